The fourth-order valence-corrected chi connectivity index (χ4v) is 5.53. The van der Waals surface area contributed by atoms with Crippen LogP contribution < -0.4 is 9.62 Å². The minimum absolute atomic E-state index is 0.0857. The van der Waals surface area contributed by atoms with E-state index in [2.05, 4.69) is 35.1 Å². The smallest absolute Gasteiger partial charge is 0.244 e. The standard InChI is InChI=1S/C32H40BrN3O4S/c1-6-24(4)34-32(38)30(20-25-10-8-7-9-11-25)35(21-26-12-16-28(33)17-13-26)31(37)22-36(41(5,39)40)29-18-14-27(15-19-29)23(2)3/h7-19,23-24,30H,6,20-22H2,1-5H3,(H,34,38)/t24-,30+/m0/s1. The number of nitrogens with one attached hydrogen (secondary N) is 1. The van der Waals surface area contributed by atoms with Gasteiger partial charge in [-0.25, -0.2) is 8.42 Å². The molecule has 0 spiro atoms. The first-order valence-corrected chi connectivity index (χ1v) is 16.5. The zero-order valence-electron chi connectivity index (χ0n) is 24.4. The van der Waals surface area contributed by atoms with Crippen LogP contribution in [0.5, 0.6) is 0 Å². The molecular weight excluding hydrogens is 602 g/mol. The molecule has 2 atom stereocenters. The SMILES string of the molecule is CC[C@H](C)NC(=O)[C@@H](Cc1ccccc1)N(Cc1ccc(Br)cc1)C(=O)CN(c1ccc(C(C)C)cc1)S(C)(=O)=O. The molecule has 0 heterocycles. The van der Waals surface area contributed by atoms with Gasteiger partial charge in [0, 0.05) is 23.5 Å². The molecule has 220 valence electrons. The van der Waals surface area contributed by atoms with E-state index in [1.807, 2.05) is 80.6 Å². The Bertz CT molecular complexity index is 1400. The van der Waals surface area contributed by atoms with Gasteiger partial charge in [-0.1, -0.05) is 91.3 Å². The lowest BCUT2D eigenvalue weighted by Crippen LogP contribution is -2.54. The van der Waals surface area contributed by atoms with E-state index in [0.29, 0.717) is 5.69 Å². The molecule has 0 aliphatic rings. The summed E-state index contributed by atoms with van der Waals surface area (Å²) in [5, 5.41) is 3.04. The first kappa shape index (κ1) is 32.3. The number of rotatable bonds is 13. The predicted octanol–water partition coefficient (Wildman–Crippen LogP) is 5.89. The second-order valence-electron chi connectivity index (χ2n) is 10.7. The number of hydrogen-bond acceptors (Lipinski definition) is 4. The normalized spacial score (nSPS) is 13.0. The Morgan fingerprint density at radius 1 is 0.878 bits per heavy atom. The van der Waals surface area contributed by atoms with E-state index in [0.717, 1.165) is 38.1 Å². The first-order chi connectivity index (χ1) is 19.4. The van der Waals surface area contributed by atoms with Gasteiger partial charge < -0.3 is 10.2 Å². The third-order valence-corrected chi connectivity index (χ3v) is 8.73. The Morgan fingerprint density at radius 2 is 1.49 bits per heavy atom. The molecule has 0 aromatic heterocycles. The molecular formula is C32H40BrN3O4S. The van der Waals surface area contributed by atoms with Crippen LogP contribution in [0, 0.1) is 0 Å². The number of halogens is 1. The summed E-state index contributed by atoms with van der Waals surface area (Å²) in [5.41, 5.74) is 3.19. The second kappa shape index (κ2) is 14.6. The van der Waals surface area contributed by atoms with Crippen molar-refractivity contribution in [3.8, 4) is 0 Å². The minimum atomic E-state index is -3.81. The summed E-state index contributed by atoms with van der Waals surface area (Å²) in [6, 6.07) is 23.3. The highest BCUT2D eigenvalue weighted by atomic mass is 79.9. The number of carbonyl (C=O) groups is 2. The summed E-state index contributed by atoms with van der Waals surface area (Å²) in [4.78, 5) is 29.4. The Hall–Kier alpha value is -3.17. The number of nitrogens with zero attached hydrogens (tertiary/aromatic N) is 2. The van der Waals surface area contributed by atoms with Crippen molar-refractivity contribution in [3.05, 3.63) is 100 Å². The van der Waals surface area contributed by atoms with Crippen LogP contribution in [-0.4, -0.2) is 50.0 Å². The van der Waals surface area contributed by atoms with Gasteiger partial charge in [0.15, 0.2) is 0 Å². The fourth-order valence-electron chi connectivity index (χ4n) is 4.42. The molecule has 3 aromatic rings. The van der Waals surface area contributed by atoms with Crippen LogP contribution in [-0.2, 0) is 32.6 Å². The zero-order valence-corrected chi connectivity index (χ0v) is 26.8. The summed E-state index contributed by atoms with van der Waals surface area (Å²) in [7, 11) is -3.81. The molecule has 9 heteroatoms. The Labute approximate surface area is 253 Å². The van der Waals surface area contributed by atoms with Gasteiger partial charge in [-0.2, -0.15) is 0 Å². The highest BCUT2D eigenvalue weighted by molar-refractivity contribution is 9.10. The molecule has 0 saturated heterocycles. The van der Waals surface area contributed by atoms with E-state index in [1.165, 1.54) is 4.90 Å². The maximum absolute atomic E-state index is 14.1. The van der Waals surface area contributed by atoms with E-state index in [1.54, 1.807) is 12.1 Å². The van der Waals surface area contributed by atoms with E-state index in [4.69, 9.17) is 0 Å². The van der Waals surface area contributed by atoms with Crippen molar-refractivity contribution >= 4 is 43.5 Å². The summed E-state index contributed by atoms with van der Waals surface area (Å²) in [6.07, 6.45) is 2.11. The van der Waals surface area contributed by atoms with Crippen molar-refractivity contribution < 1.29 is 18.0 Å². The number of sulfonamides is 1. The highest BCUT2D eigenvalue weighted by Gasteiger charge is 2.33. The predicted molar refractivity (Wildman–Crippen MR) is 169 cm³/mol. The molecule has 0 bridgehead atoms. The van der Waals surface area contributed by atoms with Crippen LogP contribution in [0.1, 0.15) is 56.7 Å². The zero-order chi connectivity index (χ0) is 30.2. The number of hydrogen-bond donors (Lipinski definition) is 1. The molecule has 0 aliphatic carbocycles. The lowest BCUT2D eigenvalue weighted by Gasteiger charge is -2.34. The van der Waals surface area contributed by atoms with Crippen molar-refractivity contribution in [2.45, 2.75) is 65.1 Å². The van der Waals surface area contributed by atoms with Crippen molar-refractivity contribution in [1.82, 2.24) is 10.2 Å². The summed E-state index contributed by atoms with van der Waals surface area (Å²) < 4.78 is 27.9. The molecule has 3 aromatic carbocycles. The van der Waals surface area contributed by atoms with Crippen molar-refractivity contribution in [1.29, 1.82) is 0 Å². The van der Waals surface area contributed by atoms with Gasteiger partial charge in [-0.15, -0.1) is 0 Å². The lowest BCUT2D eigenvalue weighted by molar-refractivity contribution is -0.140. The van der Waals surface area contributed by atoms with E-state index >= 15 is 0 Å². The molecule has 1 N–H and O–H groups in total. The van der Waals surface area contributed by atoms with Gasteiger partial charge in [0.05, 0.1) is 11.9 Å². The largest absolute Gasteiger partial charge is 0.352 e. The Balaban J connectivity index is 2.04. The average molecular weight is 643 g/mol. The molecule has 0 unspecified atom stereocenters. The third-order valence-electron chi connectivity index (χ3n) is 7.07. The minimum Gasteiger partial charge on any atom is -0.352 e. The van der Waals surface area contributed by atoms with Crippen LogP contribution >= 0.6 is 15.9 Å². The average Bonchev–Trinajstić information content (AvgIpc) is 2.94. The van der Waals surface area contributed by atoms with Crippen LogP contribution in [0.15, 0.2) is 83.3 Å². The summed E-state index contributed by atoms with van der Waals surface area (Å²) >= 11 is 3.45. The lowest BCUT2D eigenvalue weighted by atomic mass is 10.0. The van der Waals surface area contributed by atoms with E-state index in [9.17, 15) is 18.0 Å². The van der Waals surface area contributed by atoms with Crippen molar-refractivity contribution in [3.63, 3.8) is 0 Å². The molecule has 0 fully saturated rings. The van der Waals surface area contributed by atoms with Crippen LogP contribution in [0.25, 0.3) is 0 Å². The Kier molecular flexibility index (Phi) is 11.5. The molecule has 0 aliphatic heterocycles. The quantitative estimate of drug-likeness (QED) is 0.252. The Morgan fingerprint density at radius 3 is 2.02 bits per heavy atom. The first-order valence-electron chi connectivity index (χ1n) is 13.8. The van der Waals surface area contributed by atoms with Crippen molar-refractivity contribution in [2.75, 3.05) is 17.1 Å². The third kappa shape index (κ3) is 9.43. The van der Waals surface area contributed by atoms with Gasteiger partial charge in [-0.05, 0) is 60.2 Å². The van der Waals surface area contributed by atoms with Crippen LogP contribution in [0.2, 0.25) is 0 Å². The molecule has 2 amide bonds. The summed E-state index contributed by atoms with van der Waals surface area (Å²) in [6.45, 7) is 7.73. The number of carbonyl (C=O) groups excluding carboxylic acids is 2. The van der Waals surface area contributed by atoms with E-state index in [-0.39, 0.29) is 30.8 Å². The number of benzene rings is 3. The second-order valence-corrected chi connectivity index (χ2v) is 13.5. The molecule has 3 rings (SSSR count). The summed E-state index contributed by atoms with van der Waals surface area (Å²) in [5.74, 6) is -0.464. The number of amides is 2. The topological polar surface area (TPSA) is 86.8 Å². The van der Waals surface area contributed by atoms with Crippen LogP contribution in [0.3, 0.4) is 0 Å². The van der Waals surface area contributed by atoms with Gasteiger partial charge in [0.1, 0.15) is 12.6 Å². The van der Waals surface area contributed by atoms with Crippen LogP contribution in [0.4, 0.5) is 5.69 Å². The number of anilines is 1. The molecule has 7 nitrogen and oxygen atoms in total. The highest BCUT2D eigenvalue weighted by Crippen LogP contribution is 2.24. The van der Waals surface area contributed by atoms with Gasteiger partial charge in [0.25, 0.3) is 0 Å². The molecule has 41 heavy (non-hydrogen) atoms. The monoisotopic (exact) mass is 641 g/mol. The van der Waals surface area contributed by atoms with Gasteiger partial charge >= 0.3 is 0 Å². The fraction of sp³-hybridized carbons (Fsp3) is 0.375. The molecule has 0 radical (unpaired) electrons. The van der Waals surface area contributed by atoms with Gasteiger partial charge in [-0.3, -0.25) is 13.9 Å². The van der Waals surface area contributed by atoms with E-state index < -0.39 is 28.5 Å². The van der Waals surface area contributed by atoms with Crippen molar-refractivity contribution in [2.24, 2.45) is 0 Å². The maximum Gasteiger partial charge on any atom is 0.244 e. The maximum atomic E-state index is 14.1. The molecule has 0 saturated carbocycles. The van der Waals surface area contributed by atoms with Gasteiger partial charge in [0.2, 0.25) is 21.8 Å².